The molecule has 19 heavy (non-hydrogen) atoms. The van der Waals surface area contributed by atoms with Gasteiger partial charge >= 0.3 is 0 Å². The molecule has 3 nitrogen and oxygen atoms in total. The van der Waals surface area contributed by atoms with Crippen molar-refractivity contribution >= 4 is 11.6 Å². The predicted octanol–water partition coefficient (Wildman–Crippen LogP) is 2.02. The molecule has 0 bridgehead atoms. The molecule has 98 valence electrons. The molecule has 0 aliphatic heterocycles. The zero-order valence-electron chi connectivity index (χ0n) is 10.7. The summed E-state index contributed by atoms with van der Waals surface area (Å²) in [6.07, 6.45) is 3.73. The van der Waals surface area contributed by atoms with Gasteiger partial charge in [-0.1, -0.05) is 18.3 Å². The Morgan fingerprint density at radius 1 is 1.26 bits per heavy atom. The van der Waals surface area contributed by atoms with Crippen LogP contribution < -0.4 is 5.32 Å². The highest BCUT2D eigenvalue weighted by Gasteiger charge is 2.56. The number of rotatable bonds is 2. The monoisotopic (exact) mass is 255 g/mol. The number of amides is 1. The second-order valence-corrected chi connectivity index (χ2v) is 5.31. The summed E-state index contributed by atoms with van der Waals surface area (Å²) < 4.78 is 0. The summed E-state index contributed by atoms with van der Waals surface area (Å²) in [4.78, 5) is 12.1. The first kappa shape index (κ1) is 12.3. The highest BCUT2D eigenvalue weighted by Crippen LogP contribution is 2.57. The SMILES string of the molecule is O=C(Nc1ccc(C#CCO)cc1)C1C2CCCC21. The van der Waals surface area contributed by atoms with Gasteiger partial charge in [0, 0.05) is 17.2 Å². The second-order valence-electron chi connectivity index (χ2n) is 5.31. The second kappa shape index (κ2) is 5.07. The van der Waals surface area contributed by atoms with Crippen molar-refractivity contribution in [1.82, 2.24) is 0 Å². The molecule has 0 spiro atoms. The van der Waals surface area contributed by atoms with Gasteiger partial charge in [0.05, 0.1) is 0 Å². The molecule has 2 unspecified atom stereocenters. The molecule has 1 aromatic rings. The fourth-order valence-electron chi connectivity index (χ4n) is 3.21. The molecule has 3 rings (SSSR count). The summed E-state index contributed by atoms with van der Waals surface area (Å²) in [5, 5.41) is 11.6. The van der Waals surface area contributed by atoms with Crippen LogP contribution in [0.15, 0.2) is 24.3 Å². The van der Waals surface area contributed by atoms with Crippen LogP contribution in [0.5, 0.6) is 0 Å². The van der Waals surface area contributed by atoms with Gasteiger partial charge in [0.25, 0.3) is 0 Å². The normalized spacial score (nSPS) is 27.1. The summed E-state index contributed by atoms with van der Waals surface area (Å²) in [5.74, 6) is 7.15. The van der Waals surface area contributed by atoms with E-state index in [9.17, 15) is 4.79 Å². The number of anilines is 1. The van der Waals surface area contributed by atoms with E-state index in [1.54, 1.807) is 0 Å². The van der Waals surface area contributed by atoms with Gasteiger partial charge in [-0.15, -0.1) is 0 Å². The molecule has 1 amide bonds. The van der Waals surface area contributed by atoms with Gasteiger partial charge in [-0.05, 0) is 48.9 Å². The number of benzene rings is 1. The van der Waals surface area contributed by atoms with E-state index in [1.807, 2.05) is 24.3 Å². The van der Waals surface area contributed by atoms with Crippen LogP contribution in [0.1, 0.15) is 24.8 Å². The Hall–Kier alpha value is -1.79. The van der Waals surface area contributed by atoms with Crippen molar-refractivity contribution in [1.29, 1.82) is 0 Å². The summed E-state index contributed by atoms with van der Waals surface area (Å²) in [6.45, 7) is -0.136. The van der Waals surface area contributed by atoms with Crippen LogP contribution in [0, 0.1) is 29.6 Å². The lowest BCUT2D eigenvalue weighted by molar-refractivity contribution is -0.118. The van der Waals surface area contributed by atoms with Crippen molar-refractivity contribution in [3.63, 3.8) is 0 Å². The Labute approximate surface area is 113 Å². The average Bonchev–Trinajstić information content (AvgIpc) is 2.92. The van der Waals surface area contributed by atoms with Crippen LogP contribution in [-0.4, -0.2) is 17.6 Å². The van der Waals surface area contributed by atoms with Gasteiger partial charge in [0.1, 0.15) is 6.61 Å². The quantitative estimate of drug-likeness (QED) is 0.794. The standard InChI is InChI=1S/C16H17NO2/c18-10-2-3-11-6-8-12(9-7-11)17-16(19)15-13-4-1-5-14(13)15/h6-9,13-15,18H,1,4-5,10H2,(H,17,19). The first-order valence-electron chi connectivity index (χ1n) is 6.80. The topological polar surface area (TPSA) is 49.3 Å². The van der Waals surface area contributed by atoms with Crippen LogP contribution in [0.3, 0.4) is 0 Å². The number of fused-ring (bicyclic) bond motifs is 1. The van der Waals surface area contributed by atoms with Gasteiger partial charge < -0.3 is 10.4 Å². The van der Waals surface area contributed by atoms with Crippen LogP contribution >= 0.6 is 0 Å². The van der Waals surface area contributed by atoms with E-state index in [0.29, 0.717) is 11.8 Å². The minimum atomic E-state index is -0.136. The van der Waals surface area contributed by atoms with E-state index >= 15 is 0 Å². The van der Waals surface area contributed by atoms with Crippen LogP contribution in [-0.2, 0) is 4.79 Å². The van der Waals surface area contributed by atoms with E-state index in [2.05, 4.69) is 17.2 Å². The van der Waals surface area contributed by atoms with E-state index in [0.717, 1.165) is 11.3 Å². The smallest absolute Gasteiger partial charge is 0.228 e. The highest BCUT2D eigenvalue weighted by atomic mass is 16.2. The Kier molecular flexibility index (Phi) is 3.27. The first-order valence-corrected chi connectivity index (χ1v) is 6.80. The van der Waals surface area contributed by atoms with Crippen molar-refractivity contribution in [3.8, 4) is 11.8 Å². The summed E-state index contributed by atoms with van der Waals surface area (Å²) >= 11 is 0. The number of aliphatic hydroxyl groups is 1. The van der Waals surface area contributed by atoms with Gasteiger partial charge in [-0.25, -0.2) is 0 Å². The van der Waals surface area contributed by atoms with Crippen molar-refractivity contribution in [2.75, 3.05) is 11.9 Å². The van der Waals surface area contributed by atoms with Crippen molar-refractivity contribution in [2.24, 2.45) is 17.8 Å². The van der Waals surface area contributed by atoms with Crippen LogP contribution in [0.2, 0.25) is 0 Å². The van der Waals surface area contributed by atoms with Gasteiger partial charge in [0.15, 0.2) is 0 Å². The van der Waals surface area contributed by atoms with Gasteiger partial charge in [0.2, 0.25) is 5.91 Å². The van der Waals surface area contributed by atoms with E-state index in [1.165, 1.54) is 19.3 Å². The van der Waals surface area contributed by atoms with Crippen molar-refractivity contribution < 1.29 is 9.90 Å². The Morgan fingerprint density at radius 2 is 1.95 bits per heavy atom. The molecule has 2 N–H and O–H groups in total. The average molecular weight is 255 g/mol. The molecule has 2 aliphatic carbocycles. The Balaban J connectivity index is 1.59. The number of carbonyl (C=O) groups excluding carboxylic acids is 1. The maximum atomic E-state index is 12.1. The third-order valence-electron chi connectivity index (χ3n) is 4.17. The molecule has 2 atom stereocenters. The summed E-state index contributed by atoms with van der Waals surface area (Å²) in [6, 6.07) is 7.42. The molecule has 2 aliphatic rings. The van der Waals surface area contributed by atoms with E-state index < -0.39 is 0 Å². The molecule has 0 radical (unpaired) electrons. The van der Waals surface area contributed by atoms with Gasteiger partial charge in [-0.2, -0.15) is 0 Å². The predicted molar refractivity (Wildman–Crippen MR) is 73.4 cm³/mol. The molecular formula is C16H17NO2. The molecule has 0 saturated heterocycles. The fraction of sp³-hybridized carbons (Fsp3) is 0.438. The lowest BCUT2D eigenvalue weighted by atomic mass is 10.1. The minimum Gasteiger partial charge on any atom is -0.384 e. The number of carbonyl (C=O) groups is 1. The largest absolute Gasteiger partial charge is 0.384 e. The first-order chi connectivity index (χ1) is 9.29. The Bertz CT molecular complexity index is 528. The van der Waals surface area contributed by atoms with Crippen LogP contribution in [0.25, 0.3) is 0 Å². The molecule has 0 heterocycles. The summed E-state index contributed by atoms with van der Waals surface area (Å²) in [7, 11) is 0. The van der Waals surface area contributed by atoms with E-state index in [4.69, 9.17) is 5.11 Å². The number of nitrogens with one attached hydrogen (secondary N) is 1. The molecule has 1 aromatic carbocycles. The summed E-state index contributed by atoms with van der Waals surface area (Å²) in [5.41, 5.74) is 1.67. The molecule has 3 heteroatoms. The van der Waals surface area contributed by atoms with Crippen LogP contribution in [0.4, 0.5) is 5.69 Å². The zero-order valence-corrected chi connectivity index (χ0v) is 10.7. The van der Waals surface area contributed by atoms with E-state index in [-0.39, 0.29) is 18.4 Å². The molecule has 0 aromatic heterocycles. The zero-order chi connectivity index (χ0) is 13.2. The van der Waals surface area contributed by atoms with Gasteiger partial charge in [-0.3, -0.25) is 4.79 Å². The third-order valence-corrected chi connectivity index (χ3v) is 4.17. The lowest BCUT2D eigenvalue weighted by Crippen LogP contribution is -2.16. The number of hydrogen-bond acceptors (Lipinski definition) is 2. The highest BCUT2D eigenvalue weighted by molar-refractivity contribution is 5.95. The number of aliphatic hydroxyl groups excluding tert-OH is 1. The minimum absolute atomic E-state index is 0.136. The maximum absolute atomic E-state index is 12.1. The lowest BCUT2D eigenvalue weighted by Gasteiger charge is -2.06. The number of hydrogen-bond donors (Lipinski definition) is 2. The Morgan fingerprint density at radius 3 is 2.58 bits per heavy atom. The molecular weight excluding hydrogens is 238 g/mol. The molecule has 2 saturated carbocycles. The maximum Gasteiger partial charge on any atom is 0.228 e. The van der Waals surface area contributed by atoms with Crippen molar-refractivity contribution in [3.05, 3.63) is 29.8 Å². The fourth-order valence-corrected chi connectivity index (χ4v) is 3.21. The molecule has 2 fully saturated rings. The van der Waals surface area contributed by atoms with Crippen molar-refractivity contribution in [2.45, 2.75) is 19.3 Å². The third kappa shape index (κ3) is 2.50.